The maximum atomic E-state index is 13.1. The maximum absolute atomic E-state index is 13.1. The first-order valence-corrected chi connectivity index (χ1v) is 10.9. The van der Waals surface area contributed by atoms with E-state index in [1.54, 1.807) is 25.1 Å². The van der Waals surface area contributed by atoms with Crippen LogP contribution >= 0.6 is 0 Å². The summed E-state index contributed by atoms with van der Waals surface area (Å²) in [5.74, 6) is 0.940. The lowest BCUT2D eigenvalue weighted by atomic mass is 9.93. The lowest BCUT2D eigenvalue weighted by Gasteiger charge is -2.36. The molecule has 2 aromatic carbocycles. The number of nitrogens with zero attached hydrogens (tertiary/aromatic N) is 2. The van der Waals surface area contributed by atoms with Crippen LogP contribution in [0.15, 0.2) is 54.7 Å². The highest BCUT2D eigenvalue weighted by atomic mass is 16.5. The maximum Gasteiger partial charge on any atom is 0.225 e. The normalized spacial score (nSPS) is 18.6. The molecular weight excluding hydrogens is 390 g/mol. The highest BCUT2D eigenvalue weighted by Gasteiger charge is 2.31. The first-order valence-electron chi connectivity index (χ1n) is 10.9. The second kappa shape index (κ2) is 9.35. The number of ether oxygens (including phenoxy) is 1. The summed E-state index contributed by atoms with van der Waals surface area (Å²) in [5, 5.41) is 0. The van der Waals surface area contributed by atoms with Crippen molar-refractivity contribution in [1.29, 1.82) is 0 Å². The molecule has 4 rings (SSSR count). The van der Waals surface area contributed by atoms with Gasteiger partial charge in [-0.1, -0.05) is 24.3 Å². The Morgan fingerprint density at radius 2 is 1.77 bits per heavy atom. The Morgan fingerprint density at radius 1 is 1.06 bits per heavy atom. The van der Waals surface area contributed by atoms with Crippen molar-refractivity contribution < 1.29 is 19.2 Å². The van der Waals surface area contributed by atoms with Gasteiger partial charge in [0.05, 0.1) is 45.8 Å². The third-order valence-electron chi connectivity index (χ3n) is 6.27. The number of piperazine rings is 1. The van der Waals surface area contributed by atoms with Crippen LogP contribution < -0.4 is 9.64 Å². The molecular formula is C25H30N3O3+. The van der Waals surface area contributed by atoms with E-state index in [2.05, 4.69) is 12.1 Å². The van der Waals surface area contributed by atoms with E-state index in [1.807, 2.05) is 47.4 Å². The van der Waals surface area contributed by atoms with Gasteiger partial charge in [0.1, 0.15) is 12.3 Å². The first kappa shape index (κ1) is 21.1. The van der Waals surface area contributed by atoms with E-state index in [0.717, 1.165) is 49.6 Å². The minimum atomic E-state index is -0.240. The topological polar surface area (TPSA) is 54.3 Å². The monoisotopic (exact) mass is 420 g/mol. The Bertz CT molecular complexity index is 962. The molecule has 162 valence electrons. The van der Waals surface area contributed by atoms with Crippen molar-refractivity contribution in [1.82, 2.24) is 9.80 Å². The third kappa shape index (κ3) is 4.80. The molecule has 0 radical (unpaired) electrons. The van der Waals surface area contributed by atoms with Gasteiger partial charge < -0.3 is 19.4 Å². The van der Waals surface area contributed by atoms with Crippen LogP contribution in [0.4, 0.5) is 0 Å². The van der Waals surface area contributed by atoms with Crippen molar-refractivity contribution in [2.45, 2.75) is 25.9 Å². The van der Waals surface area contributed by atoms with Gasteiger partial charge >= 0.3 is 0 Å². The first-order chi connectivity index (χ1) is 15.0. The van der Waals surface area contributed by atoms with E-state index in [0.29, 0.717) is 6.42 Å². The lowest BCUT2D eigenvalue weighted by Crippen LogP contribution is -3.13. The largest absolute Gasteiger partial charge is 0.497 e. The van der Waals surface area contributed by atoms with Crippen molar-refractivity contribution in [3.05, 3.63) is 71.4 Å². The number of methoxy groups -OCH3 is 1. The van der Waals surface area contributed by atoms with Crippen molar-refractivity contribution in [2.24, 2.45) is 0 Å². The van der Waals surface area contributed by atoms with Gasteiger partial charge in [0.15, 0.2) is 0 Å². The molecule has 0 saturated carbocycles. The van der Waals surface area contributed by atoms with E-state index >= 15 is 0 Å². The number of rotatable bonds is 5. The van der Waals surface area contributed by atoms with E-state index < -0.39 is 0 Å². The summed E-state index contributed by atoms with van der Waals surface area (Å²) in [6, 6.07) is 16.0. The van der Waals surface area contributed by atoms with Gasteiger partial charge in [-0.05, 0) is 41.5 Å². The predicted molar refractivity (Wildman–Crippen MR) is 119 cm³/mol. The molecule has 1 atom stereocenters. The zero-order valence-corrected chi connectivity index (χ0v) is 18.2. The summed E-state index contributed by atoms with van der Waals surface area (Å²) in [7, 11) is 1.67. The summed E-state index contributed by atoms with van der Waals surface area (Å²) < 4.78 is 5.23. The summed E-state index contributed by atoms with van der Waals surface area (Å²) >= 11 is 0. The molecule has 2 amide bonds. The number of carbonyl (C=O) groups is 2. The van der Waals surface area contributed by atoms with Gasteiger partial charge in [0.2, 0.25) is 11.8 Å². The standard InChI is InChI=1S/C25H29N3O3/c1-19(29)28-12-11-21-5-3-4-6-23(21)24(28)17-25(30)27-15-13-26(14-16-27)18-20-7-9-22(31-2)10-8-20/h3-12,24H,13-18H2,1-2H3/p+1/t24-/m0/s1. The van der Waals surface area contributed by atoms with E-state index in [-0.39, 0.29) is 17.9 Å². The Hall–Kier alpha value is -3.12. The Labute approximate surface area is 183 Å². The van der Waals surface area contributed by atoms with Crippen LogP contribution in [0, 0.1) is 0 Å². The van der Waals surface area contributed by atoms with Crippen LogP contribution in [0.2, 0.25) is 0 Å². The average molecular weight is 421 g/mol. The van der Waals surface area contributed by atoms with E-state index in [4.69, 9.17) is 4.74 Å². The molecule has 1 N–H and O–H groups in total. The molecule has 0 spiro atoms. The Kier molecular flexibility index (Phi) is 6.37. The van der Waals surface area contributed by atoms with Crippen LogP contribution in [0.3, 0.4) is 0 Å². The van der Waals surface area contributed by atoms with Gasteiger partial charge in [-0.3, -0.25) is 9.59 Å². The zero-order valence-electron chi connectivity index (χ0n) is 18.2. The third-order valence-corrected chi connectivity index (χ3v) is 6.27. The second-order valence-corrected chi connectivity index (χ2v) is 8.25. The number of hydrogen-bond acceptors (Lipinski definition) is 3. The highest BCUT2D eigenvalue weighted by Crippen LogP contribution is 2.33. The molecule has 6 nitrogen and oxygen atoms in total. The van der Waals surface area contributed by atoms with Crippen molar-refractivity contribution in [3.63, 3.8) is 0 Å². The summed E-state index contributed by atoms with van der Waals surface area (Å²) in [5.41, 5.74) is 3.39. The average Bonchev–Trinajstić information content (AvgIpc) is 2.80. The molecule has 0 aromatic heterocycles. The molecule has 0 aliphatic carbocycles. The number of carbonyl (C=O) groups excluding carboxylic acids is 2. The molecule has 1 fully saturated rings. The Morgan fingerprint density at radius 3 is 2.45 bits per heavy atom. The van der Waals surface area contributed by atoms with Gasteiger partial charge in [0.25, 0.3) is 0 Å². The van der Waals surface area contributed by atoms with Gasteiger partial charge in [-0.25, -0.2) is 0 Å². The van der Waals surface area contributed by atoms with E-state index in [9.17, 15) is 9.59 Å². The molecule has 31 heavy (non-hydrogen) atoms. The predicted octanol–water partition coefficient (Wildman–Crippen LogP) is 1.89. The fraction of sp³-hybridized carbons (Fsp3) is 0.360. The van der Waals surface area contributed by atoms with Crippen LogP contribution in [-0.4, -0.2) is 54.9 Å². The lowest BCUT2D eigenvalue weighted by molar-refractivity contribution is -0.917. The molecule has 2 heterocycles. The van der Waals surface area contributed by atoms with Crippen LogP contribution in [0.25, 0.3) is 6.08 Å². The highest BCUT2D eigenvalue weighted by molar-refractivity contribution is 5.82. The fourth-order valence-electron chi connectivity index (χ4n) is 4.49. The molecule has 0 unspecified atom stereocenters. The molecule has 2 aliphatic heterocycles. The quantitative estimate of drug-likeness (QED) is 0.804. The molecule has 0 bridgehead atoms. The van der Waals surface area contributed by atoms with Crippen LogP contribution in [0.5, 0.6) is 5.75 Å². The molecule has 2 aliphatic rings. The molecule has 1 saturated heterocycles. The minimum absolute atomic E-state index is 0.0442. The van der Waals surface area contributed by atoms with E-state index in [1.165, 1.54) is 10.5 Å². The number of quaternary nitrogens is 1. The van der Waals surface area contributed by atoms with Crippen molar-refractivity contribution in [2.75, 3.05) is 33.3 Å². The number of benzene rings is 2. The number of hydrogen-bond donors (Lipinski definition) is 1. The zero-order chi connectivity index (χ0) is 21.8. The van der Waals surface area contributed by atoms with Crippen molar-refractivity contribution >= 4 is 17.9 Å². The van der Waals surface area contributed by atoms with Gasteiger partial charge in [-0.2, -0.15) is 0 Å². The number of fused-ring (bicyclic) bond motifs is 1. The van der Waals surface area contributed by atoms with Crippen molar-refractivity contribution in [3.8, 4) is 5.75 Å². The molecule has 6 heteroatoms. The Balaban J connectivity index is 1.36. The summed E-state index contributed by atoms with van der Waals surface area (Å²) in [6.45, 7) is 5.84. The number of nitrogens with one attached hydrogen (secondary N) is 1. The second-order valence-electron chi connectivity index (χ2n) is 8.25. The number of amides is 2. The van der Waals surface area contributed by atoms with Crippen LogP contribution in [0.1, 0.15) is 36.1 Å². The summed E-state index contributed by atoms with van der Waals surface area (Å²) in [6.07, 6.45) is 4.06. The van der Waals surface area contributed by atoms with Gasteiger partial charge in [-0.15, -0.1) is 0 Å². The smallest absolute Gasteiger partial charge is 0.225 e. The fourth-order valence-corrected chi connectivity index (χ4v) is 4.49. The summed E-state index contributed by atoms with van der Waals surface area (Å²) in [4.78, 5) is 30.4. The van der Waals surface area contributed by atoms with Crippen LogP contribution in [-0.2, 0) is 16.1 Å². The van der Waals surface area contributed by atoms with Gasteiger partial charge in [0, 0.05) is 18.7 Å². The SMILES string of the molecule is COc1ccc(C[NH+]2CCN(C(=O)C[C@H]3c4ccccc4C=CN3C(C)=O)CC2)cc1. The minimum Gasteiger partial charge on any atom is -0.497 e. The molecule has 2 aromatic rings.